The molecule has 0 radical (unpaired) electrons. The standard InChI is InChI=1S/C14H9N5O.ClH/c20-14-11-8-17-12-3-5-16-7-10(12)13(11)18-19(14)9-2-1-4-15-6-9;/h1-8,17H;1H. The number of halogens is 1. The lowest BCUT2D eigenvalue weighted by molar-refractivity contribution is 0.853. The average Bonchev–Trinajstić information content (AvgIpc) is 2.86. The zero-order chi connectivity index (χ0) is 13.5. The van der Waals surface area contributed by atoms with Gasteiger partial charge in [-0.1, -0.05) is 0 Å². The average molecular weight is 300 g/mol. The Bertz CT molecular complexity index is 931. The van der Waals surface area contributed by atoms with Crippen LogP contribution < -0.4 is 5.56 Å². The van der Waals surface area contributed by atoms with E-state index in [-0.39, 0.29) is 18.0 Å². The fourth-order valence-corrected chi connectivity index (χ4v) is 2.26. The number of hydrogen-bond donors (Lipinski definition) is 1. The van der Waals surface area contributed by atoms with Gasteiger partial charge in [-0.05, 0) is 18.2 Å². The van der Waals surface area contributed by atoms with E-state index in [0.717, 1.165) is 10.9 Å². The molecular formula is C14H10ClN5O. The minimum absolute atomic E-state index is 0. The van der Waals surface area contributed by atoms with Crippen molar-refractivity contribution in [2.24, 2.45) is 0 Å². The third kappa shape index (κ3) is 1.96. The lowest BCUT2D eigenvalue weighted by atomic mass is 10.1. The van der Waals surface area contributed by atoms with E-state index in [2.05, 4.69) is 20.1 Å². The monoisotopic (exact) mass is 299 g/mol. The molecular weight excluding hydrogens is 290 g/mol. The summed E-state index contributed by atoms with van der Waals surface area (Å²) in [5, 5.41) is 5.24. The van der Waals surface area contributed by atoms with Crippen LogP contribution in [0, 0.1) is 0 Å². The molecule has 1 N–H and O–H groups in total. The van der Waals surface area contributed by atoms with Gasteiger partial charge in [0.25, 0.3) is 5.56 Å². The summed E-state index contributed by atoms with van der Waals surface area (Å²) in [7, 11) is 0. The van der Waals surface area contributed by atoms with E-state index in [0.29, 0.717) is 16.9 Å². The molecule has 0 amide bonds. The number of aromatic amines is 1. The Kier molecular flexibility index (Phi) is 3.15. The van der Waals surface area contributed by atoms with Gasteiger partial charge in [-0.15, -0.1) is 12.4 Å². The number of nitrogens with one attached hydrogen (secondary N) is 1. The number of rotatable bonds is 1. The molecule has 7 heteroatoms. The molecule has 0 spiro atoms. The number of pyridine rings is 3. The van der Waals surface area contributed by atoms with Crippen molar-refractivity contribution in [3.05, 3.63) is 59.5 Å². The second-order valence-corrected chi connectivity index (χ2v) is 4.40. The highest BCUT2D eigenvalue weighted by molar-refractivity contribution is 5.92. The van der Waals surface area contributed by atoms with Crippen LogP contribution in [-0.4, -0.2) is 24.7 Å². The van der Waals surface area contributed by atoms with Gasteiger partial charge < -0.3 is 4.98 Å². The van der Waals surface area contributed by atoms with Crippen molar-refractivity contribution in [2.45, 2.75) is 0 Å². The van der Waals surface area contributed by atoms with Crippen LogP contribution in [0.15, 0.2) is 54.0 Å². The summed E-state index contributed by atoms with van der Waals surface area (Å²) in [6, 6.07) is 5.42. The summed E-state index contributed by atoms with van der Waals surface area (Å²) in [5.74, 6) is 0. The van der Waals surface area contributed by atoms with E-state index in [1.807, 2.05) is 6.07 Å². The van der Waals surface area contributed by atoms with Crippen LogP contribution >= 0.6 is 12.4 Å². The smallest absolute Gasteiger partial charge is 0.282 e. The number of hydrogen-bond acceptors (Lipinski definition) is 4. The lowest BCUT2D eigenvalue weighted by Crippen LogP contribution is -2.14. The summed E-state index contributed by atoms with van der Waals surface area (Å²) >= 11 is 0. The normalized spacial score (nSPS) is 10.7. The molecule has 6 nitrogen and oxygen atoms in total. The van der Waals surface area contributed by atoms with E-state index >= 15 is 0 Å². The molecule has 0 aliphatic carbocycles. The van der Waals surface area contributed by atoms with Crippen molar-refractivity contribution < 1.29 is 0 Å². The molecule has 21 heavy (non-hydrogen) atoms. The van der Waals surface area contributed by atoms with Gasteiger partial charge in [0.05, 0.1) is 23.0 Å². The number of fused-ring (bicyclic) bond motifs is 3. The first-order chi connectivity index (χ1) is 9.84. The van der Waals surface area contributed by atoms with Crippen LogP contribution in [0.25, 0.3) is 27.8 Å². The maximum Gasteiger partial charge on any atom is 0.282 e. The van der Waals surface area contributed by atoms with Crippen LogP contribution in [-0.2, 0) is 0 Å². The number of H-pyrrole nitrogens is 1. The molecule has 0 saturated heterocycles. The van der Waals surface area contributed by atoms with E-state index in [1.54, 1.807) is 43.1 Å². The van der Waals surface area contributed by atoms with Crippen molar-refractivity contribution in [3.63, 3.8) is 0 Å². The summed E-state index contributed by atoms with van der Waals surface area (Å²) in [6.45, 7) is 0. The highest BCUT2D eigenvalue weighted by atomic mass is 35.5. The van der Waals surface area contributed by atoms with Gasteiger partial charge in [-0.2, -0.15) is 9.78 Å². The molecule has 2 aromatic heterocycles. The largest absolute Gasteiger partial charge is 0.360 e. The van der Waals surface area contributed by atoms with Crippen LogP contribution in [0.2, 0.25) is 0 Å². The summed E-state index contributed by atoms with van der Waals surface area (Å²) in [4.78, 5) is 23.6. The van der Waals surface area contributed by atoms with Gasteiger partial charge in [0.15, 0.2) is 0 Å². The van der Waals surface area contributed by atoms with Crippen molar-refractivity contribution in [1.82, 2.24) is 24.7 Å². The van der Waals surface area contributed by atoms with E-state index in [9.17, 15) is 4.79 Å². The zero-order valence-electron chi connectivity index (χ0n) is 10.7. The van der Waals surface area contributed by atoms with Crippen molar-refractivity contribution in [3.8, 4) is 16.9 Å². The van der Waals surface area contributed by atoms with Crippen molar-refractivity contribution in [1.29, 1.82) is 0 Å². The summed E-state index contributed by atoms with van der Waals surface area (Å²) in [6.07, 6.45) is 8.34. The first-order valence-corrected chi connectivity index (χ1v) is 6.09. The lowest BCUT2D eigenvalue weighted by Gasteiger charge is -2.00. The van der Waals surface area contributed by atoms with Gasteiger partial charge >= 0.3 is 0 Å². The first-order valence-electron chi connectivity index (χ1n) is 6.09. The fraction of sp³-hybridized carbons (Fsp3) is 0. The molecule has 4 heterocycles. The van der Waals surface area contributed by atoms with Crippen LogP contribution in [0.1, 0.15) is 0 Å². The Morgan fingerprint density at radius 1 is 1.10 bits per heavy atom. The minimum Gasteiger partial charge on any atom is -0.360 e. The Hall–Kier alpha value is -2.73. The molecule has 0 bridgehead atoms. The highest BCUT2D eigenvalue weighted by Gasteiger charge is 2.18. The Labute approximate surface area is 125 Å². The second kappa shape index (κ2) is 4.99. The second-order valence-electron chi connectivity index (χ2n) is 4.40. The zero-order valence-corrected chi connectivity index (χ0v) is 11.5. The van der Waals surface area contributed by atoms with Crippen LogP contribution in [0.4, 0.5) is 0 Å². The summed E-state index contributed by atoms with van der Waals surface area (Å²) < 4.78 is 1.36. The molecule has 104 valence electrons. The van der Waals surface area contributed by atoms with Gasteiger partial charge in [0, 0.05) is 30.2 Å². The SMILES string of the molecule is Cl.O=c1c2c[nH]c3ccncc3c-2nn1-c1cccnc1. The molecule has 0 unspecified atom stereocenters. The van der Waals surface area contributed by atoms with Crippen molar-refractivity contribution in [2.75, 3.05) is 0 Å². The molecule has 2 aliphatic rings. The first kappa shape index (κ1) is 13.3. The molecule has 0 saturated carbocycles. The maximum atomic E-state index is 12.4. The van der Waals surface area contributed by atoms with Crippen LogP contribution in [0.5, 0.6) is 0 Å². The number of aromatic nitrogens is 5. The Morgan fingerprint density at radius 2 is 1.95 bits per heavy atom. The Morgan fingerprint density at radius 3 is 2.76 bits per heavy atom. The quantitative estimate of drug-likeness (QED) is 0.583. The summed E-state index contributed by atoms with van der Waals surface area (Å²) in [5.41, 5.74) is 2.54. The molecule has 4 rings (SSSR count). The highest BCUT2D eigenvalue weighted by Crippen LogP contribution is 2.24. The van der Waals surface area contributed by atoms with Gasteiger partial charge in [0.1, 0.15) is 5.69 Å². The van der Waals surface area contributed by atoms with Gasteiger partial charge in [-0.25, -0.2) is 0 Å². The minimum atomic E-state index is -0.171. The number of nitrogens with zero attached hydrogens (tertiary/aromatic N) is 4. The molecule has 0 atom stereocenters. The molecule has 2 aromatic rings. The maximum absolute atomic E-state index is 12.4. The van der Waals surface area contributed by atoms with E-state index in [4.69, 9.17) is 0 Å². The topological polar surface area (TPSA) is 76.5 Å². The predicted octanol–water partition coefficient (Wildman–Crippen LogP) is 2.03. The Balaban J connectivity index is 0.00000132. The molecule has 2 aliphatic heterocycles. The third-order valence-electron chi connectivity index (χ3n) is 3.22. The predicted molar refractivity (Wildman–Crippen MR) is 81.2 cm³/mol. The molecule has 0 fully saturated rings. The van der Waals surface area contributed by atoms with Crippen molar-refractivity contribution >= 4 is 23.3 Å². The van der Waals surface area contributed by atoms with Gasteiger partial charge in [-0.3, -0.25) is 14.8 Å². The molecule has 0 aromatic carbocycles. The fourth-order valence-electron chi connectivity index (χ4n) is 2.26. The van der Waals surface area contributed by atoms with E-state index < -0.39 is 0 Å². The van der Waals surface area contributed by atoms with Gasteiger partial charge in [0.2, 0.25) is 0 Å². The van der Waals surface area contributed by atoms with E-state index in [1.165, 1.54) is 4.68 Å². The van der Waals surface area contributed by atoms with Crippen LogP contribution in [0.3, 0.4) is 0 Å². The third-order valence-corrected chi connectivity index (χ3v) is 3.22.